The van der Waals surface area contributed by atoms with Crippen molar-refractivity contribution < 1.29 is 0 Å². The molecule has 0 aliphatic heterocycles. The fourth-order valence-electron chi connectivity index (χ4n) is 3.06. The van der Waals surface area contributed by atoms with Crippen LogP contribution in [0.5, 0.6) is 0 Å². The molecule has 0 unspecified atom stereocenters. The largest absolute Gasteiger partial charge is 0.289 e. The summed E-state index contributed by atoms with van der Waals surface area (Å²) in [6, 6.07) is 16.0. The van der Waals surface area contributed by atoms with E-state index < -0.39 is 21.7 Å². The molecule has 0 atom stereocenters. The average molecular weight is 314 g/mol. The first-order valence-corrected chi connectivity index (χ1v) is 7.38. The van der Waals surface area contributed by atoms with Crippen molar-refractivity contribution in [2.24, 2.45) is 0 Å². The summed E-state index contributed by atoms with van der Waals surface area (Å²) >= 11 is 0. The first-order chi connectivity index (χ1) is 11.6. The lowest BCUT2D eigenvalue weighted by Crippen LogP contribution is -2.29. The maximum absolute atomic E-state index is 12.8. The molecule has 24 heavy (non-hydrogen) atoms. The van der Waals surface area contributed by atoms with Crippen LogP contribution in [0.15, 0.2) is 79.8 Å². The van der Waals surface area contributed by atoms with Crippen LogP contribution in [0.1, 0.15) is 0 Å². The second-order valence-corrected chi connectivity index (χ2v) is 5.57. The molecule has 0 amide bonds. The Bertz CT molecular complexity index is 1360. The fraction of sp³-hybridized carbons (Fsp3) is 0. The van der Waals surface area contributed by atoms with Crippen LogP contribution in [0.4, 0.5) is 0 Å². The van der Waals surface area contributed by atoms with E-state index in [0.717, 1.165) is 6.07 Å². The average Bonchev–Trinajstić information content (AvgIpc) is 2.62. The van der Waals surface area contributed by atoms with Crippen molar-refractivity contribution >= 4 is 10.8 Å². The smallest absolute Gasteiger partial charge is 0.198 e. The first kappa shape index (κ1) is 14.2. The molecule has 0 spiro atoms. The van der Waals surface area contributed by atoms with Gasteiger partial charge in [0.15, 0.2) is 21.7 Å². The molecule has 0 radical (unpaired) electrons. The third-order valence-electron chi connectivity index (χ3n) is 4.20. The van der Waals surface area contributed by atoms with Gasteiger partial charge in [0.1, 0.15) is 0 Å². The van der Waals surface area contributed by atoms with E-state index in [4.69, 9.17) is 0 Å². The van der Waals surface area contributed by atoms with Crippen LogP contribution in [-0.2, 0) is 0 Å². The lowest BCUT2D eigenvalue weighted by molar-refractivity contribution is 1.31. The Labute approximate surface area is 134 Å². The van der Waals surface area contributed by atoms with E-state index in [9.17, 15) is 19.2 Å². The molecule has 4 nitrogen and oxygen atoms in total. The predicted molar refractivity (Wildman–Crippen MR) is 92.1 cm³/mol. The summed E-state index contributed by atoms with van der Waals surface area (Å²) in [6.45, 7) is 0. The van der Waals surface area contributed by atoms with E-state index >= 15 is 0 Å². The van der Waals surface area contributed by atoms with E-state index in [1.807, 2.05) is 0 Å². The van der Waals surface area contributed by atoms with E-state index in [2.05, 4.69) is 0 Å². The van der Waals surface area contributed by atoms with Gasteiger partial charge in [-0.2, -0.15) is 0 Å². The number of fused-ring (bicyclic) bond motifs is 1. The lowest BCUT2D eigenvalue weighted by atomic mass is 9.99. The standard InChI is InChI=1S/C20H10O4/c21-15-10-14(11-6-2-1-3-7-11)20(24)17-16(15)18(22)12-8-4-5-9-13(12)19(17)23/h1-10H. The monoisotopic (exact) mass is 314 g/mol. The minimum absolute atomic E-state index is 0.139. The van der Waals surface area contributed by atoms with Crippen LogP contribution in [-0.4, -0.2) is 0 Å². The molecule has 2 aliphatic carbocycles. The van der Waals surface area contributed by atoms with Gasteiger partial charge in [0.25, 0.3) is 0 Å². The number of benzene rings is 2. The zero-order valence-corrected chi connectivity index (χ0v) is 12.4. The fourth-order valence-corrected chi connectivity index (χ4v) is 3.06. The molecule has 4 rings (SSSR count). The quantitative estimate of drug-likeness (QED) is 0.534. The third-order valence-corrected chi connectivity index (χ3v) is 4.20. The highest BCUT2D eigenvalue weighted by Gasteiger charge is 2.15. The van der Waals surface area contributed by atoms with Gasteiger partial charge in [0, 0.05) is 16.3 Å². The van der Waals surface area contributed by atoms with Crippen LogP contribution < -0.4 is 21.7 Å². The summed E-state index contributed by atoms with van der Waals surface area (Å²) in [5.74, 6) is 0. The first-order valence-electron chi connectivity index (χ1n) is 7.38. The van der Waals surface area contributed by atoms with Gasteiger partial charge < -0.3 is 0 Å². The molecule has 0 heterocycles. The normalized spacial score (nSPS) is 11.2. The van der Waals surface area contributed by atoms with E-state index in [-0.39, 0.29) is 26.8 Å². The highest BCUT2D eigenvalue weighted by atomic mass is 16.1. The van der Waals surface area contributed by atoms with Gasteiger partial charge in [-0.1, -0.05) is 54.6 Å². The Morgan fingerprint density at radius 3 is 1.71 bits per heavy atom. The van der Waals surface area contributed by atoms with Crippen molar-refractivity contribution in [3.63, 3.8) is 0 Å². The summed E-state index contributed by atoms with van der Waals surface area (Å²) in [5, 5.41) is -0.302. The summed E-state index contributed by atoms with van der Waals surface area (Å²) in [7, 11) is 0. The van der Waals surface area contributed by atoms with Gasteiger partial charge in [-0.15, -0.1) is 0 Å². The van der Waals surface area contributed by atoms with Gasteiger partial charge in [0.2, 0.25) is 0 Å². The predicted octanol–water partition coefficient (Wildman–Crippen LogP) is 1.55. The molecule has 0 saturated heterocycles. The van der Waals surface area contributed by atoms with Gasteiger partial charge >= 0.3 is 0 Å². The molecule has 4 heteroatoms. The Balaban J connectivity index is 2.37. The second-order valence-electron chi connectivity index (χ2n) is 5.57. The maximum atomic E-state index is 12.8. The van der Waals surface area contributed by atoms with Gasteiger partial charge in [-0.05, 0) is 11.6 Å². The molecule has 0 saturated carbocycles. The highest BCUT2D eigenvalue weighted by molar-refractivity contribution is 5.82. The lowest BCUT2D eigenvalue weighted by Gasteiger charge is -2.01. The summed E-state index contributed by atoms with van der Waals surface area (Å²) in [5.41, 5.74) is -1.64. The summed E-state index contributed by atoms with van der Waals surface area (Å²) < 4.78 is 0. The zero-order valence-electron chi connectivity index (χ0n) is 12.4. The van der Waals surface area contributed by atoms with E-state index in [1.165, 1.54) is 12.1 Å². The summed E-state index contributed by atoms with van der Waals surface area (Å²) in [6.07, 6.45) is 0. The van der Waals surface area contributed by atoms with Crippen LogP contribution in [0.2, 0.25) is 0 Å². The molecular formula is C20H10O4. The Kier molecular flexibility index (Phi) is 3.00. The topological polar surface area (TPSA) is 68.3 Å². The number of hydrogen-bond acceptors (Lipinski definition) is 4. The van der Waals surface area contributed by atoms with Crippen molar-refractivity contribution in [3.8, 4) is 11.1 Å². The molecule has 2 aromatic carbocycles. The van der Waals surface area contributed by atoms with Crippen molar-refractivity contribution in [2.45, 2.75) is 0 Å². The Hall–Kier alpha value is -3.40. The summed E-state index contributed by atoms with van der Waals surface area (Å²) in [4.78, 5) is 50.6. The Morgan fingerprint density at radius 2 is 1.08 bits per heavy atom. The molecule has 0 N–H and O–H groups in total. The molecule has 0 fully saturated rings. The highest BCUT2D eigenvalue weighted by Crippen LogP contribution is 2.13. The minimum atomic E-state index is -0.601. The maximum Gasteiger partial charge on any atom is 0.198 e. The van der Waals surface area contributed by atoms with Crippen LogP contribution in [0, 0.1) is 10.4 Å². The van der Waals surface area contributed by atoms with Crippen LogP contribution in [0.3, 0.4) is 0 Å². The molecule has 2 aliphatic rings. The van der Waals surface area contributed by atoms with E-state index in [0.29, 0.717) is 5.56 Å². The zero-order chi connectivity index (χ0) is 16.8. The van der Waals surface area contributed by atoms with E-state index in [1.54, 1.807) is 42.5 Å². The Morgan fingerprint density at radius 1 is 0.542 bits per heavy atom. The van der Waals surface area contributed by atoms with Crippen molar-refractivity contribution in [1.82, 2.24) is 0 Å². The van der Waals surface area contributed by atoms with Gasteiger partial charge in [0.05, 0.1) is 10.4 Å². The number of rotatable bonds is 1. The SMILES string of the molecule is O=c1cc(-c2ccccc2)c(=O)c2c(=O)c3ccccc3c(=O)c1=2. The van der Waals surface area contributed by atoms with Gasteiger partial charge in [-0.3, -0.25) is 19.2 Å². The van der Waals surface area contributed by atoms with Crippen molar-refractivity contribution in [3.05, 3.63) is 112 Å². The van der Waals surface area contributed by atoms with Crippen molar-refractivity contribution in [2.75, 3.05) is 0 Å². The van der Waals surface area contributed by atoms with Crippen LogP contribution >= 0.6 is 0 Å². The van der Waals surface area contributed by atoms with Crippen LogP contribution in [0.25, 0.3) is 21.9 Å². The third kappa shape index (κ3) is 1.86. The second kappa shape index (κ2) is 5.06. The molecule has 0 aromatic heterocycles. The molecule has 0 bridgehead atoms. The number of hydrogen-bond donors (Lipinski definition) is 0. The molecular weight excluding hydrogens is 304 g/mol. The van der Waals surface area contributed by atoms with Crippen molar-refractivity contribution in [1.29, 1.82) is 0 Å². The van der Waals surface area contributed by atoms with Gasteiger partial charge in [-0.25, -0.2) is 0 Å². The molecule has 2 aromatic rings. The molecule has 114 valence electrons. The minimum Gasteiger partial charge on any atom is -0.289 e.